The highest BCUT2D eigenvalue weighted by atomic mass is 16.5. The Labute approximate surface area is 164 Å². The normalized spacial score (nSPS) is 20.5. The lowest BCUT2D eigenvalue weighted by molar-refractivity contribution is -1.01. The number of quaternary nitrogens is 2. The Kier molecular flexibility index (Phi) is 5.84. The van der Waals surface area contributed by atoms with E-state index in [4.69, 9.17) is 9.47 Å². The number of hydrogen-bond donors (Lipinski definition) is 5. The number of nitrogens with zero attached hydrogens (tertiary/aromatic N) is 2. The van der Waals surface area contributed by atoms with Crippen LogP contribution in [0.15, 0.2) is 18.2 Å². The maximum Gasteiger partial charge on any atom is 0.359 e. The van der Waals surface area contributed by atoms with Crippen LogP contribution in [0.3, 0.4) is 0 Å². The van der Waals surface area contributed by atoms with Crippen molar-refractivity contribution in [2.75, 3.05) is 65.2 Å². The van der Waals surface area contributed by atoms with Crippen LogP contribution in [-0.2, 0) is 4.74 Å². The van der Waals surface area contributed by atoms with Gasteiger partial charge < -0.3 is 14.4 Å². The van der Waals surface area contributed by atoms with Gasteiger partial charge in [-0.05, 0) is 25.1 Å². The van der Waals surface area contributed by atoms with Crippen LogP contribution in [0.4, 0.5) is 5.95 Å². The number of guanidine groups is 1. The molecule has 1 aromatic heterocycles. The van der Waals surface area contributed by atoms with Crippen molar-refractivity contribution in [2.24, 2.45) is 0 Å². The molecule has 0 amide bonds. The Morgan fingerprint density at radius 1 is 1.21 bits per heavy atom. The van der Waals surface area contributed by atoms with Gasteiger partial charge in [0.15, 0.2) is 13.3 Å². The third kappa shape index (κ3) is 4.49. The number of methoxy groups -OCH3 is 1. The van der Waals surface area contributed by atoms with Gasteiger partial charge >= 0.3 is 5.96 Å². The third-order valence-electron chi connectivity index (χ3n) is 5.39. The molecule has 5 N–H and O–H groups in total. The van der Waals surface area contributed by atoms with E-state index in [1.54, 1.807) is 12.0 Å². The van der Waals surface area contributed by atoms with E-state index < -0.39 is 0 Å². The van der Waals surface area contributed by atoms with Crippen LogP contribution in [0.2, 0.25) is 0 Å². The van der Waals surface area contributed by atoms with Crippen molar-refractivity contribution in [3.8, 4) is 5.75 Å². The minimum Gasteiger partial charge on any atom is -0.497 e. The number of benzene rings is 1. The first kappa shape index (κ1) is 18.9. The molecule has 1 atom stereocenters. The Balaban J connectivity index is 1.35. The highest BCUT2D eigenvalue weighted by Gasteiger charge is 2.23. The van der Waals surface area contributed by atoms with E-state index >= 15 is 0 Å². The second kappa shape index (κ2) is 8.68. The van der Waals surface area contributed by atoms with E-state index in [0.717, 1.165) is 74.5 Å². The second-order valence-electron chi connectivity index (χ2n) is 7.34. The first-order chi connectivity index (χ1) is 13.7. The fourth-order valence-corrected chi connectivity index (χ4v) is 3.64. The number of morpholine rings is 1. The fourth-order valence-electron chi connectivity index (χ4n) is 3.64. The molecule has 1 saturated heterocycles. The zero-order valence-corrected chi connectivity index (χ0v) is 16.6. The number of aryl methyl sites for hydroxylation is 1. The van der Waals surface area contributed by atoms with E-state index in [0.29, 0.717) is 5.95 Å². The zero-order chi connectivity index (χ0) is 19.3. The molecule has 2 aliphatic rings. The SMILES string of the molecule is COc1ccc2nc(NC3=[NH+]C[NH+](CC[NH+]4CCOCC4)CN3)nc(C)c2c1. The number of hydrogen-bond acceptors (Lipinski definition) is 6. The Morgan fingerprint density at radius 2 is 2.04 bits per heavy atom. The molecule has 0 spiro atoms. The van der Waals surface area contributed by atoms with Gasteiger partial charge in [0.25, 0.3) is 5.95 Å². The van der Waals surface area contributed by atoms with Crippen LogP contribution in [0.1, 0.15) is 5.69 Å². The molecule has 1 unspecified atom stereocenters. The molecule has 1 aromatic carbocycles. The molecule has 3 heterocycles. The van der Waals surface area contributed by atoms with Gasteiger partial charge in [0, 0.05) is 5.39 Å². The molecule has 4 rings (SSSR count). The van der Waals surface area contributed by atoms with E-state index in [9.17, 15) is 0 Å². The van der Waals surface area contributed by atoms with E-state index in [1.807, 2.05) is 25.1 Å². The molecule has 9 heteroatoms. The Hall–Kier alpha value is -2.49. The summed E-state index contributed by atoms with van der Waals surface area (Å²) in [5, 5.41) is 7.69. The zero-order valence-electron chi connectivity index (χ0n) is 16.6. The number of aromatic nitrogens is 2. The van der Waals surface area contributed by atoms with Crippen molar-refractivity contribution in [2.45, 2.75) is 6.92 Å². The van der Waals surface area contributed by atoms with Gasteiger partial charge in [-0.3, -0.25) is 4.90 Å². The third-order valence-corrected chi connectivity index (χ3v) is 5.39. The van der Waals surface area contributed by atoms with Crippen molar-refractivity contribution in [1.29, 1.82) is 0 Å². The Bertz CT molecular complexity index is 852. The lowest BCUT2D eigenvalue weighted by atomic mass is 10.2. The minimum absolute atomic E-state index is 0.589. The molecule has 28 heavy (non-hydrogen) atoms. The van der Waals surface area contributed by atoms with Crippen molar-refractivity contribution < 1.29 is 24.3 Å². The van der Waals surface area contributed by atoms with Crippen LogP contribution in [0.5, 0.6) is 5.75 Å². The fraction of sp³-hybridized carbons (Fsp3) is 0.526. The summed E-state index contributed by atoms with van der Waals surface area (Å²) >= 11 is 0. The molecule has 2 aromatic rings. The highest BCUT2D eigenvalue weighted by Crippen LogP contribution is 2.22. The smallest absolute Gasteiger partial charge is 0.359 e. The predicted octanol–water partition coefficient (Wildman–Crippen LogP) is -3.89. The minimum atomic E-state index is 0.589. The summed E-state index contributed by atoms with van der Waals surface area (Å²) in [4.78, 5) is 15.8. The van der Waals surface area contributed by atoms with E-state index in [1.165, 1.54) is 11.4 Å². The van der Waals surface area contributed by atoms with Crippen molar-refractivity contribution in [1.82, 2.24) is 15.3 Å². The summed E-state index contributed by atoms with van der Waals surface area (Å²) in [7, 11) is 1.66. The predicted molar refractivity (Wildman–Crippen MR) is 106 cm³/mol. The van der Waals surface area contributed by atoms with E-state index in [2.05, 4.69) is 25.6 Å². The maximum absolute atomic E-state index is 5.43. The van der Waals surface area contributed by atoms with Gasteiger partial charge in [0.05, 0.1) is 31.5 Å². The first-order valence-electron chi connectivity index (χ1n) is 9.90. The summed E-state index contributed by atoms with van der Waals surface area (Å²) in [6, 6.07) is 5.84. The average molecular weight is 388 g/mol. The summed E-state index contributed by atoms with van der Waals surface area (Å²) in [6.07, 6.45) is 0. The lowest BCUT2D eigenvalue weighted by Gasteiger charge is -2.26. The largest absolute Gasteiger partial charge is 0.497 e. The summed E-state index contributed by atoms with van der Waals surface area (Å²) in [5.41, 5.74) is 1.82. The number of fused-ring (bicyclic) bond motifs is 1. The molecule has 0 bridgehead atoms. The van der Waals surface area contributed by atoms with Gasteiger partial charge in [-0.1, -0.05) is 0 Å². The van der Waals surface area contributed by atoms with Gasteiger partial charge in [0.2, 0.25) is 0 Å². The molecule has 0 radical (unpaired) electrons. The molecule has 2 aliphatic heterocycles. The molecule has 0 aliphatic carbocycles. The van der Waals surface area contributed by atoms with Crippen molar-refractivity contribution in [3.05, 3.63) is 23.9 Å². The van der Waals surface area contributed by atoms with Crippen LogP contribution in [0, 0.1) is 6.92 Å². The molecule has 0 saturated carbocycles. The Morgan fingerprint density at radius 3 is 2.79 bits per heavy atom. The first-order valence-corrected chi connectivity index (χ1v) is 9.90. The van der Waals surface area contributed by atoms with Crippen LogP contribution in [0.25, 0.3) is 10.9 Å². The van der Waals surface area contributed by atoms with Gasteiger partial charge in [-0.25, -0.2) is 20.6 Å². The summed E-state index contributed by atoms with van der Waals surface area (Å²) in [6.45, 7) is 10.1. The summed E-state index contributed by atoms with van der Waals surface area (Å²) in [5.74, 6) is 2.26. The lowest BCUT2D eigenvalue weighted by Crippen LogP contribution is -3.27. The van der Waals surface area contributed by atoms with Gasteiger partial charge in [-0.15, -0.1) is 0 Å². The number of ether oxygens (including phenoxy) is 2. The molecule has 150 valence electrons. The maximum atomic E-state index is 5.43. The molecular weight excluding hydrogens is 358 g/mol. The van der Waals surface area contributed by atoms with Crippen molar-refractivity contribution >= 4 is 22.8 Å². The second-order valence-corrected chi connectivity index (χ2v) is 7.34. The topological polar surface area (TPSA) is 91.1 Å². The number of rotatable bonds is 5. The van der Waals surface area contributed by atoms with Crippen LogP contribution >= 0.6 is 0 Å². The number of anilines is 1. The quantitative estimate of drug-likeness (QED) is 0.360. The molecular formula is C19H30N7O2+3. The standard InChI is InChI=1S/C19H27N7O2/c1-14-16-11-15(27-2)3-4-17(16)23-19(22-14)24-18-20-12-26(13-21-18)6-5-25-7-9-28-10-8-25/h3-4,11H,5-10,12-13H2,1-2H3,(H2,20,21,22,23,24)/p+3. The molecule has 9 nitrogen and oxygen atoms in total. The van der Waals surface area contributed by atoms with Crippen LogP contribution < -0.4 is 30.2 Å². The van der Waals surface area contributed by atoms with Crippen molar-refractivity contribution in [3.63, 3.8) is 0 Å². The monoisotopic (exact) mass is 388 g/mol. The highest BCUT2D eigenvalue weighted by molar-refractivity contribution is 5.89. The van der Waals surface area contributed by atoms with E-state index in [-0.39, 0.29) is 0 Å². The van der Waals surface area contributed by atoms with Crippen LogP contribution in [-0.4, -0.2) is 75.8 Å². The van der Waals surface area contributed by atoms with Gasteiger partial charge in [-0.2, -0.15) is 4.98 Å². The molecule has 1 fully saturated rings. The average Bonchev–Trinajstić information content (AvgIpc) is 2.74. The number of nitrogens with one attached hydrogen (secondary N) is 5. The summed E-state index contributed by atoms with van der Waals surface area (Å²) < 4.78 is 10.7. The van der Waals surface area contributed by atoms with Gasteiger partial charge in [0.1, 0.15) is 31.9 Å².